The van der Waals surface area contributed by atoms with Gasteiger partial charge in [0.1, 0.15) is 6.61 Å². The average molecular weight is 459 g/mol. The van der Waals surface area contributed by atoms with Gasteiger partial charge in [0.15, 0.2) is 0 Å². The van der Waals surface area contributed by atoms with Gasteiger partial charge in [-0.15, -0.1) is 0 Å². The maximum Gasteiger partial charge on any atom is 0.433 e. The molecule has 0 aromatic heterocycles. The molecule has 0 bridgehead atoms. The van der Waals surface area contributed by atoms with Crippen LogP contribution in [-0.2, 0) is 21.7 Å². The van der Waals surface area contributed by atoms with E-state index in [9.17, 15) is 18.7 Å². The number of alkyl halides is 3. The van der Waals surface area contributed by atoms with Crippen LogP contribution in [0.3, 0.4) is 0 Å². The first-order valence-electron chi connectivity index (χ1n) is 7.42. The Morgan fingerprint density at radius 1 is 1.08 bits per heavy atom. The van der Waals surface area contributed by atoms with Gasteiger partial charge in [-0.2, -0.15) is 13.8 Å². The van der Waals surface area contributed by atoms with Gasteiger partial charge in [-0.1, -0.05) is 54.6 Å². The molecule has 25 heavy (non-hydrogen) atoms. The van der Waals surface area contributed by atoms with E-state index in [1.807, 2.05) is 30.3 Å². The second kappa shape index (κ2) is 9.00. The molecule has 132 valence electrons. The summed E-state index contributed by atoms with van der Waals surface area (Å²) in [6.45, 7) is -0.341. The average Bonchev–Trinajstić information content (AvgIpc) is 2.60. The zero-order valence-electron chi connectivity index (χ0n) is 13.2. The summed E-state index contributed by atoms with van der Waals surface area (Å²) in [7, 11) is 0. The summed E-state index contributed by atoms with van der Waals surface area (Å²) in [4.78, 5) is 15.5. The predicted octanol–water partition coefficient (Wildman–Crippen LogP) is 4.48. The van der Waals surface area contributed by atoms with Crippen LogP contribution in [0.1, 0.15) is 16.7 Å². The lowest BCUT2D eigenvalue weighted by Crippen LogP contribution is -2.13. The highest BCUT2D eigenvalue weighted by molar-refractivity contribution is 14.1. The maximum absolute atomic E-state index is 13.2. The first-order valence-corrected chi connectivity index (χ1v) is 8.50. The molecule has 0 aliphatic carbocycles. The van der Waals surface area contributed by atoms with E-state index >= 15 is 0 Å². The number of carbonyl (C=O) groups excluding carboxylic acids is 1. The molecule has 0 saturated heterocycles. The zero-order valence-corrected chi connectivity index (χ0v) is 15.3. The van der Waals surface area contributed by atoms with Crippen molar-refractivity contribution in [2.24, 2.45) is 4.99 Å². The third-order valence-corrected chi connectivity index (χ3v) is 3.95. The normalized spacial score (nSPS) is 12.1. The molecule has 7 heteroatoms. The van der Waals surface area contributed by atoms with Crippen molar-refractivity contribution in [1.82, 2.24) is 0 Å². The summed E-state index contributed by atoms with van der Waals surface area (Å²) in [6.07, 6.45) is -0.632. The summed E-state index contributed by atoms with van der Waals surface area (Å²) in [5, 5.41) is 9.35. The van der Waals surface area contributed by atoms with Gasteiger partial charge < -0.3 is 9.84 Å². The molecule has 2 aromatic carbocycles. The first-order chi connectivity index (χ1) is 11.9. The Labute approximate surface area is 157 Å². The van der Waals surface area contributed by atoms with Crippen LogP contribution < -0.4 is 0 Å². The molecule has 0 saturated carbocycles. The van der Waals surface area contributed by atoms with Crippen LogP contribution in [0.2, 0.25) is 0 Å². The van der Waals surface area contributed by atoms with E-state index in [4.69, 9.17) is 4.74 Å². The van der Waals surface area contributed by atoms with E-state index in [2.05, 4.69) is 4.99 Å². The second-order valence-corrected chi connectivity index (χ2v) is 6.60. The van der Waals surface area contributed by atoms with E-state index in [-0.39, 0.29) is 24.3 Å². The SMILES string of the molecule is O=C(/N=C(\CO)Cc1ccc(C(F)(F)I)cc1)OCc1ccccc1. The van der Waals surface area contributed by atoms with Gasteiger partial charge in [0, 0.05) is 34.6 Å². The molecular weight excluding hydrogens is 443 g/mol. The number of aliphatic hydroxyl groups excluding tert-OH is 1. The number of rotatable bonds is 6. The number of halogens is 3. The van der Waals surface area contributed by atoms with Gasteiger partial charge in [0.05, 0.1) is 12.3 Å². The number of aliphatic imine (C=N–C) groups is 1. The molecule has 2 rings (SSSR count). The lowest BCUT2D eigenvalue weighted by Gasteiger charge is -2.09. The molecule has 0 unspecified atom stereocenters. The molecule has 2 aromatic rings. The Bertz CT molecular complexity index is 728. The number of hydrogen-bond donors (Lipinski definition) is 1. The number of benzene rings is 2. The lowest BCUT2D eigenvalue weighted by molar-refractivity contribution is 0.127. The van der Waals surface area contributed by atoms with Crippen molar-refractivity contribution in [1.29, 1.82) is 0 Å². The summed E-state index contributed by atoms with van der Waals surface area (Å²) >= 11 is 1.06. The topological polar surface area (TPSA) is 58.9 Å². The molecule has 0 radical (unpaired) electrons. The summed E-state index contributed by atoms with van der Waals surface area (Å²) in [5.41, 5.74) is 1.58. The standard InChI is InChI=1S/C18H16F2INO3/c19-18(20,21)15-8-6-13(7-9-15)10-16(11-23)22-17(24)25-12-14-4-2-1-3-5-14/h1-9,23H,10-12H2/b22-16-. The third-order valence-electron chi connectivity index (χ3n) is 3.33. The van der Waals surface area contributed by atoms with Crippen LogP contribution in [-0.4, -0.2) is 23.5 Å². The second-order valence-electron chi connectivity index (χ2n) is 5.25. The minimum Gasteiger partial charge on any atom is -0.443 e. The van der Waals surface area contributed by atoms with Crippen molar-refractivity contribution in [2.75, 3.05) is 6.61 Å². The van der Waals surface area contributed by atoms with Crippen molar-refractivity contribution in [3.63, 3.8) is 0 Å². The monoisotopic (exact) mass is 459 g/mol. The molecule has 1 amide bonds. The number of amides is 1. The van der Waals surface area contributed by atoms with Crippen LogP contribution in [0, 0.1) is 0 Å². The molecule has 0 spiro atoms. The van der Waals surface area contributed by atoms with Crippen LogP contribution >= 0.6 is 22.6 Å². The molecule has 0 fully saturated rings. The van der Waals surface area contributed by atoms with E-state index in [1.165, 1.54) is 24.3 Å². The fourth-order valence-electron chi connectivity index (χ4n) is 2.06. The van der Waals surface area contributed by atoms with Gasteiger partial charge in [-0.05, 0) is 11.1 Å². The zero-order chi connectivity index (χ0) is 18.3. The number of hydrogen-bond acceptors (Lipinski definition) is 3. The number of aliphatic hydroxyl groups is 1. The molecule has 1 N–H and O–H groups in total. The highest BCUT2D eigenvalue weighted by atomic mass is 127. The summed E-state index contributed by atoms with van der Waals surface area (Å²) in [5.74, 6) is 0. The van der Waals surface area contributed by atoms with E-state index < -0.39 is 16.6 Å². The minimum atomic E-state index is -2.94. The van der Waals surface area contributed by atoms with Crippen molar-refractivity contribution in [3.05, 3.63) is 71.3 Å². The Kier molecular flexibility index (Phi) is 7.01. The van der Waals surface area contributed by atoms with Gasteiger partial charge in [-0.25, -0.2) is 4.79 Å². The molecule has 0 aliphatic rings. The smallest absolute Gasteiger partial charge is 0.433 e. The van der Waals surface area contributed by atoms with Gasteiger partial charge in [0.25, 0.3) is 0 Å². The number of carbonyl (C=O) groups is 1. The number of ether oxygens (including phenoxy) is 1. The van der Waals surface area contributed by atoms with Crippen LogP contribution in [0.15, 0.2) is 59.6 Å². The molecule has 0 aliphatic heterocycles. The van der Waals surface area contributed by atoms with Crippen LogP contribution in [0.5, 0.6) is 0 Å². The highest BCUT2D eigenvalue weighted by Crippen LogP contribution is 2.34. The Morgan fingerprint density at radius 3 is 2.28 bits per heavy atom. The van der Waals surface area contributed by atoms with E-state index in [1.54, 1.807) is 0 Å². The Morgan fingerprint density at radius 2 is 1.72 bits per heavy atom. The molecular formula is C18H16F2INO3. The third kappa shape index (κ3) is 6.50. The van der Waals surface area contributed by atoms with Gasteiger partial charge in [0.2, 0.25) is 0 Å². The largest absolute Gasteiger partial charge is 0.443 e. The van der Waals surface area contributed by atoms with Crippen LogP contribution in [0.4, 0.5) is 13.6 Å². The van der Waals surface area contributed by atoms with Crippen molar-refractivity contribution in [2.45, 2.75) is 17.0 Å². The maximum atomic E-state index is 13.2. The van der Waals surface area contributed by atoms with E-state index in [0.29, 0.717) is 5.56 Å². The van der Waals surface area contributed by atoms with Crippen molar-refractivity contribution < 1.29 is 23.4 Å². The molecule has 0 heterocycles. The lowest BCUT2D eigenvalue weighted by atomic mass is 10.1. The van der Waals surface area contributed by atoms with Gasteiger partial charge in [-0.3, -0.25) is 0 Å². The number of nitrogens with zero attached hydrogens (tertiary/aromatic N) is 1. The summed E-state index contributed by atoms with van der Waals surface area (Å²) in [6, 6.07) is 14.8. The predicted molar refractivity (Wildman–Crippen MR) is 99.2 cm³/mol. The van der Waals surface area contributed by atoms with Crippen molar-refractivity contribution in [3.8, 4) is 0 Å². The van der Waals surface area contributed by atoms with Gasteiger partial charge >= 0.3 is 10.0 Å². The fraction of sp³-hybridized carbons (Fsp3) is 0.222. The first kappa shape index (κ1) is 19.5. The van der Waals surface area contributed by atoms with Crippen molar-refractivity contribution >= 4 is 34.4 Å². The Balaban J connectivity index is 1.96. The minimum absolute atomic E-state index is 0.0846. The molecule has 0 atom stereocenters. The highest BCUT2D eigenvalue weighted by Gasteiger charge is 2.26. The Hall–Kier alpha value is -1.87. The molecule has 4 nitrogen and oxygen atoms in total. The quantitative estimate of drug-likeness (QED) is 0.394. The van der Waals surface area contributed by atoms with Crippen LogP contribution in [0.25, 0.3) is 0 Å². The summed E-state index contributed by atoms with van der Waals surface area (Å²) < 4.78 is 28.4. The van der Waals surface area contributed by atoms with E-state index in [0.717, 1.165) is 28.2 Å². The fourth-order valence-corrected chi connectivity index (χ4v) is 2.42.